The molecule has 0 fully saturated rings. The molecule has 0 N–H and O–H groups in total. The van der Waals surface area contributed by atoms with Crippen molar-refractivity contribution < 1.29 is 0 Å². The second-order valence-corrected chi connectivity index (χ2v) is 5.18. The van der Waals surface area contributed by atoms with Gasteiger partial charge in [0.1, 0.15) is 0 Å². The third kappa shape index (κ3) is 2.20. The van der Waals surface area contributed by atoms with Gasteiger partial charge in [-0.3, -0.25) is 0 Å². The van der Waals surface area contributed by atoms with Gasteiger partial charge in [-0.15, -0.1) is 0 Å². The van der Waals surface area contributed by atoms with Gasteiger partial charge in [0.05, 0.1) is 0 Å². The Labute approximate surface area is 92.3 Å². The molecule has 2 rings (SSSR count). The zero-order chi connectivity index (χ0) is 10.9. The Kier molecular flexibility index (Phi) is 2.52. The third-order valence-corrected chi connectivity index (χ3v) is 2.97. The Morgan fingerprint density at radius 1 is 0.933 bits per heavy atom. The number of rotatable bonds is 1. The smallest absolute Gasteiger partial charge is 0.00528 e. The van der Waals surface area contributed by atoms with E-state index in [0.29, 0.717) is 5.41 Å². The SMILES string of the molecule is CC(C)(C)C1=CC=C(c2ccccc2)C1. The fourth-order valence-corrected chi connectivity index (χ4v) is 1.89. The molecule has 1 aliphatic rings. The first-order chi connectivity index (χ1) is 7.07. The molecule has 0 radical (unpaired) electrons. The van der Waals surface area contributed by atoms with Crippen molar-refractivity contribution in [1.29, 1.82) is 0 Å². The lowest BCUT2D eigenvalue weighted by Gasteiger charge is -2.21. The van der Waals surface area contributed by atoms with Crippen LogP contribution in [0.1, 0.15) is 32.8 Å². The van der Waals surface area contributed by atoms with Crippen LogP contribution in [0.15, 0.2) is 48.1 Å². The van der Waals surface area contributed by atoms with Crippen LogP contribution >= 0.6 is 0 Å². The van der Waals surface area contributed by atoms with Gasteiger partial charge in [0.25, 0.3) is 0 Å². The average Bonchev–Trinajstić information content (AvgIpc) is 2.67. The van der Waals surface area contributed by atoms with Gasteiger partial charge in [-0.1, -0.05) is 68.8 Å². The quantitative estimate of drug-likeness (QED) is 0.625. The van der Waals surface area contributed by atoms with E-state index < -0.39 is 0 Å². The number of benzene rings is 1. The molecule has 0 heteroatoms. The number of hydrogen-bond acceptors (Lipinski definition) is 0. The van der Waals surface area contributed by atoms with E-state index in [0.717, 1.165) is 6.42 Å². The minimum absolute atomic E-state index is 0.299. The molecule has 0 aliphatic heterocycles. The van der Waals surface area contributed by atoms with Crippen LogP contribution in [-0.2, 0) is 0 Å². The van der Waals surface area contributed by atoms with Gasteiger partial charge in [0, 0.05) is 0 Å². The third-order valence-electron chi connectivity index (χ3n) is 2.97. The maximum absolute atomic E-state index is 2.28. The Bertz CT molecular complexity index is 399. The van der Waals surface area contributed by atoms with Gasteiger partial charge >= 0.3 is 0 Å². The van der Waals surface area contributed by atoms with Crippen LogP contribution in [0, 0.1) is 5.41 Å². The monoisotopic (exact) mass is 198 g/mol. The van der Waals surface area contributed by atoms with Gasteiger partial charge in [0.15, 0.2) is 0 Å². The van der Waals surface area contributed by atoms with Crippen molar-refractivity contribution in [2.24, 2.45) is 5.41 Å². The molecule has 78 valence electrons. The van der Waals surface area contributed by atoms with E-state index in [1.807, 2.05) is 0 Å². The van der Waals surface area contributed by atoms with Gasteiger partial charge in [0.2, 0.25) is 0 Å². The average molecular weight is 198 g/mol. The highest BCUT2D eigenvalue weighted by Gasteiger charge is 2.20. The van der Waals surface area contributed by atoms with E-state index in [9.17, 15) is 0 Å². The maximum Gasteiger partial charge on any atom is -0.00528 e. The second kappa shape index (κ2) is 3.69. The van der Waals surface area contributed by atoms with E-state index in [4.69, 9.17) is 0 Å². The van der Waals surface area contributed by atoms with Gasteiger partial charge in [-0.2, -0.15) is 0 Å². The van der Waals surface area contributed by atoms with Crippen molar-refractivity contribution in [3.8, 4) is 0 Å². The summed E-state index contributed by atoms with van der Waals surface area (Å²) < 4.78 is 0. The van der Waals surface area contributed by atoms with E-state index in [-0.39, 0.29) is 0 Å². The Morgan fingerprint density at radius 2 is 1.60 bits per heavy atom. The molecule has 0 saturated carbocycles. The van der Waals surface area contributed by atoms with E-state index in [1.165, 1.54) is 16.7 Å². The maximum atomic E-state index is 2.28. The summed E-state index contributed by atoms with van der Waals surface area (Å²) in [6.45, 7) is 6.84. The summed E-state index contributed by atoms with van der Waals surface area (Å²) in [6.07, 6.45) is 5.64. The lowest BCUT2D eigenvalue weighted by Crippen LogP contribution is -2.07. The number of allylic oxidation sites excluding steroid dienone is 4. The van der Waals surface area contributed by atoms with Crippen LogP contribution in [0.4, 0.5) is 0 Å². The van der Waals surface area contributed by atoms with Crippen molar-refractivity contribution in [3.63, 3.8) is 0 Å². The van der Waals surface area contributed by atoms with E-state index in [1.54, 1.807) is 0 Å². The largest absolute Gasteiger partial charge is 0.0622 e. The molecule has 0 saturated heterocycles. The minimum atomic E-state index is 0.299. The van der Waals surface area contributed by atoms with Crippen molar-refractivity contribution in [2.75, 3.05) is 0 Å². The topological polar surface area (TPSA) is 0 Å². The highest BCUT2D eigenvalue weighted by molar-refractivity contribution is 5.72. The summed E-state index contributed by atoms with van der Waals surface area (Å²) in [6, 6.07) is 10.6. The zero-order valence-corrected chi connectivity index (χ0v) is 9.75. The second-order valence-electron chi connectivity index (χ2n) is 5.18. The molecule has 0 atom stereocenters. The Balaban J connectivity index is 2.15. The molecule has 0 unspecified atom stereocenters. The van der Waals surface area contributed by atoms with Crippen LogP contribution in [0.3, 0.4) is 0 Å². The minimum Gasteiger partial charge on any atom is -0.0622 e. The summed E-state index contributed by atoms with van der Waals surface area (Å²) in [5, 5.41) is 0. The molecular formula is C15H18. The molecule has 0 amide bonds. The molecule has 0 spiro atoms. The predicted molar refractivity (Wildman–Crippen MR) is 66.6 cm³/mol. The fraction of sp³-hybridized carbons (Fsp3) is 0.333. The molecule has 1 aromatic carbocycles. The van der Waals surface area contributed by atoms with Gasteiger partial charge < -0.3 is 0 Å². The number of hydrogen-bond donors (Lipinski definition) is 0. The zero-order valence-electron chi connectivity index (χ0n) is 9.75. The van der Waals surface area contributed by atoms with Crippen molar-refractivity contribution >= 4 is 5.57 Å². The molecule has 1 aliphatic carbocycles. The summed E-state index contributed by atoms with van der Waals surface area (Å²) in [5.41, 5.74) is 4.63. The fourth-order valence-electron chi connectivity index (χ4n) is 1.89. The normalized spacial score (nSPS) is 16.2. The van der Waals surface area contributed by atoms with E-state index >= 15 is 0 Å². The lowest BCUT2D eigenvalue weighted by atomic mass is 9.84. The van der Waals surface area contributed by atoms with E-state index in [2.05, 4.69) is 63.3 Å². The first-order valence-corrected chi connectivity index (χ1v) is 5.53. The molecular weight excluding hydrogens is 180 g/mol. The predicted octanol–water partition coefficient (Wildman–Crippen LogP) is 4.45. The standard InChI is InChI=1S/C15H18/c1-15(2,3)14-10-9-13(11-14)12-7-5-4-6-8-12/h4-10H,11H2,1-3H3. The highest BCUT2D eigenvalue weighted by Crippen LogP contribution is 2.37. The summed E-state index contributed by atoms with van der Waals surface area (Å²) in [4.78, 5) is 0. The first-order valence-electron chi connectivity index (χ1n) is 5.53. The van der Waals surface area contributed by atoms with Crippen molar-refractivity contribution in [1.82, 2.24) is 0 Å². The van der Waals surface area contributed by atoms with Crippen LogP contribution < -0.4 is 0 Å². The summed E-state index contributed by atoms with van der Waals surface area (Å²) in [7, 11) is 0. The van der Waals surface area contributed by atoms with Crippen LogP contribution in [0.2, 0.25) is 0 Å². The molecule has 15 heavy (non-hydrogen) atoms. The summed E-state index contributed by atoms with van der Waals surface area (Å²) in [5.74, 6) is 0. The molecule has 0 aromatic heterocycles. The molecule has 0 bridgehead atoms. The van der Waals surface area contributed by atoms with Crippen LogP contribution in [0.25, 0.3) is 5.57 Å². The Morgan fingerprint density at radius 3 is 2.13 bits per heavy atom. The molecule has 1 aromatic rings. The first kappa shape index (κ1) is 10.2. The summed E-state index contributed by atoms with van der Waals surface area (Å²) >= 11 is 0. The van der Waals surface area contributed by atoms with Crippen LogP contribution in [0.5, 0.6) is 0 Å². The van der Waals surface area contributed by atoms with Crippen molar-refractivity contribution in [2.45, 2.75) is 27.2 Å². The highest BCUT2D eigenvalue weighted by atomic mass is 14.3. The molecule has 0 nitrogen and oxygen atoms in total. The van der Waals surface area contributed by atoms with Crippen LogP contribution in [-0.4, -0.2) is 0 Å². The molecule has 0 heterocycles. The lowest BCUT2D eigenvalue weighted by molar-refractivity contribution is 0.497. The van der Waals surface area contributed by atoms with Crippen molar-refractivity contribution in [3.05, 3.63) is 53.6 Å². The Hall–Kier alpha value is -1.30. The van der Waals surface area contributed by atoms with Gasteiger partial charge in [-0.05, 0) is 23.0 Å². The van der Waals surface area contributed by atoms with Gasteiger partial charge in [-0.25, -0.2) is 0 Å².